The van der Waals surface area contributed by atoms with Gasteiger partial charge in [0.2, 0.25) is 124 Å². The topological polar surface area (TPSA) is 724 Å². The first-order valence-corrected chi connectivity index (χ1v) is 48.4. The van der Waals surface area contributed by atoms with Crippen molar-refractivity contribution in [3.8, 4) is 11.5 Å². The first-order valence-electron chi connectivity index (χ1n) is 46.1. The number of hydrogen-bond acceptors (Lipinski definition) is 26. The summed E-state index contributed by atoms with van der Waals surface area (Å²) in [5, 5.41) is 60.3. The molecular weight excluding hydrogens is 1840 g/mol. The van der Waals surface area contributed by atoms with Gasteiger partial charge in [-0.1, -0.05) is 92.5 Å². The number of aliphatic carboxylic acids is 1. The lowest BCUT2D eigenvalue weighted by molar-refractivity contribution is -0.142. The van der Waals surface area contributed by atoms with Crippen molar-refractivity contribution in [2.75, 3.05) is 63.3 Å². The third-order valence-corrected chi connectivity index (χ3v) is 26.0. The number of phenolic OH excluding ortho intramolecular Hbond substituents is 2. The molecule has 25 N–H and O–H groups in total. The van der Waals surface area contributed by atoms with Gasteiger partial charge in [-0.25, -0.2) is 0 Å². The van der Waals surface area contributed by atoms with Gasteiger partial charge in [-0.15, -0.1) is 0 Å². The average Bonchev–Trinajstić information content (AvgIpc) is 1.55. The summed E-state index contributed by atoms with van der Waals surface area (Å²) in [6.45, 7) is 12.1. The van der Waals surface area contributed by atoms with Crippen molar-refractivity contribution in [3.63, 3.8) is 0 Å². The molecule has 764 valence electrons. The van der Waals surface area contributed by atoms with E-state index in [9.17, 15) is 111 Å². The number of carbonyl (C=O) groups is 22. The van der Waals surface area contributed by atoms with Crippen LogP contribution < -0.4 is 92.5 Å². The molecule has 3 saturated heterocycles. The first-order chi connectivity index (χ1) is 65.0. The van der Waals surface area contributed by atoms with Gasteiger partial charge in [0.1, 0.15) is 96.1 Å². The molecule has 0 spiro atoms. The Morgan fingerprint density at radius 2 is 1.09 bits per heavy atom. The van der Waals surface area contributed by atoms with Crippen LogP contribution in [-0.2, 0) is 118 Å². The van der Waals surface area contributed by atoms with E-state index in [0.717, 1.165) is 28.4 Å². The molecule has 48 heteroatoms. The summed E-state index contributed by atoms with van der Waals surface area (Å²) >= 11 is 2.14. The van der Waals surface area contributed by atoms with Crippen LogP contribution in [0.1, 0.15) is 182 Å². The van der Waals surface area contributed by atoms with Crippen molar-refractivity contribution in [3.05, 3.63) is 59.7 Å². The number of likely N-dealkylation sites (tertiary alicyclic amines) is 2. The SMILES string of the molecule is CC[C@H](C)[C@@H]1NC(=O)[C@H](Cc2ccc(O)cc2)N(C)C(=O)CCCSCC(C(=O)N2CCC[C@H]2C(=O)N[C@@H](CC(C)C)C(=O)NCC(=O)N(C)[C@@H](Cc2ccc(O)cc2)C(=O)N[C@H](C(=O)N[C@@H](CCC(N)=O)C(=O)N[C@@H](CC(N)=O)C(=O)NC(CSCCCC(=O)O)C(=O)N2CCC[C@H]2C(=O)N[C@@H](CC(C)C)C(=O)NCC(N)=O)[C@@H](C)CC)NC(=O)[C@H](CC(N)=O)NC(=O)[C@H](CCC(N)=O)NC1=O. The maximum absolute atomic E-state index is 15.2. The summed E-state index contributed by atoms with van der Waals surface area (Å²) in [6, 6.07) is -10.00. The predicted octanol–water partition coefficient (Wildman–Crippen LogP) is -4.32. The van der Waals surface area contributed by atoms with Crippen LogP contribution in [0.15, 0.2) is 48.5 Å². The van der Waals surface area contributed by atoms with Crippen LogP contribution in [0.25, 0.3) is 0 Å². The summed E-state index contributed by atoms with van der Waals surface area (Å²) in [6.07, 6.45) is -3.49. The van der Waals surface area contributed by atoms with Gasteiger partial charge < -0.3 is 127 Å². The minimum absolute atomic E-state index is 0.00815. The number of amides is 21. The number of nitrogens with zero attached hydrogens (tertiary/aromatic N) is 4. The number of benzene rings is 2. The monoisotopic (exact) mass is 1980 g/mol. The van der Waals surface area contributed by atoms with Crippen LogP contribution in [-0.4, -0.2) is 313 Å². The van der Waals surface area contributed by atoms with Gasteiger partial charge in [-0.2, -0.15) is 23.5 Å². The average molecular weight is 1980 g/mol. The number of phenols is 2. The summed E-state index contributed by atoms with van der Waals surface area (Å²) < 4.78 is 0. The highest BCUT2D eigenvalue weighted by Gasteiger charge is 2.45. The van der Waals surface area contributed by atoms with Crippen LogP contribution in [0.5, 0.6) is 11.5 Å². The molecular formula is C90H137N21O25S2. The largest absolute Gasteiger partial charge is 0.508 e. The fourth-order valence-corrected chi connectivity index (χ4v) is 17.5. The number of carboxylic acid groups (broad SMARTS) is 1. The molecule has 2 aromatic rings. The molecule has 138 heavy (non-hydrogen) atoms. The number of likely N-dealkylation sites (N-methyl/N-ethyl adjacent to an activating group) is 2. The Labute approximate surface area is 808 Å². The summed E-state index contributed by atoms with van der Waals surface area (Å²) in [7, 11) is 2.61. The molecule has 21 amide bonds. The zero-order chi connectivity index (χ0) is 103. The van der Waals surface area contributed by atoms with Crippen molar-refractivity contribution in [2.24, 2.45) is 52.3 Å². The molecule has 0 bridgehead atoms. The highest BCUT2D eigenvalue weighted by Crippen LogP contribution is 2.27. The Balaban J connectivity index is 1.40. The van der Waals surface area contributed by atoms with Gasteiger partial charge in [0.15, 0.2) is 0 Å². The van der Waals surface area contributed by atoms with E-state index in [-0.39, 0.29) is 143 Å². The number of nitrogens with two attached hydrogens (primary N) is 5. The van der Waals surface area contributed by atoms with Gasteiger partial charge in [0, 0.05) is 77.2 Å². The Hall–Kier alpha value is -12.9. The van der Waals surface area contributed by atoms with Crippen molar-refractivity contribution in [1.29, 1.82) is 0 Å². The molecule has 3 aliphatic heterocycles. The van der Waals surface area contributed by atoms with Crippen LogP contribution in [0, 0.1) is 23.7 Å². The van der Waals surface area contributed by atoms with Crippen LogP contribution >= 0.6 is 23.5 Å². The number of thioether (sulfide) groups is 2. The molecule has 3 aliphatic rings. The highest BCUT2D eigenvalue weighted by molar-refractivity contribution is 7.99. The number of primary amides is 5. The van der Waals surface area contributed by atoms with Gasteiger partial charge in [-0.05, 0) is 135 Å². The molecule has 46 nitrogen and oxygen atoms in total. The number of hydrogen-bond donors (Lipinski definition) is 20. The van der Waals surface area contributed by atoms with E-state index in [1.807, 2.05) is 0 Å². The standard InChI is InChI=1S/C90H137N21O25S2/c1-11-49(7)75-87(133)98-55(29-31-67(91)114)79(125)100-59(41-69(93)116)81(127)104-61(45-137-35-15-19-72(119)108(9)65(85(131)106-75)39-51-21-25-53(112)26-22-51)89(135)111-34-14-18-64(111)84(130)103-58(38-48(5)6)78(124)97-44-73(120)109(10)66(40-52-23-27-54(113)28-24-52)86(132)107-76(50(8)12-2)88(134)99-56(30-32-68(92)115)80(126)101-60(42-70(94)117)82(128)105-62(46-138-36-16-20-74(121)122)90(136)110-33-13-17-63(110)83(129)102-57(37-47(3)4)77(123)96-43-71(95)118/h21-28,47-50,55-66,75-76,112-113H,11-20,29-46H2,1-10H3,(H2,91,114)(H2,92,115)(H2,93,116)(H2,94,117)(H2,95,118)(H,96,123)(H,97,124)(H,98,133)(H,99,134)(H,100,125)(H,101,126)(H,102,129)(H,103,130)(H,104,127)(H,105,128)(H,106,131)(H,107,132)(H,121,122)/t49-,50-,55-,56-,57-,58-,59-,60-,61?,62?,63-,64-,65-,66-,75-,76-/m0/s1. The van der Waals surface area contributed by atoms with Crippen molar-refractivity contribution in [1.82, 2.24) is 83.4 Å². The molecule has 5 rings (SSSR count). The smallest absolute Gasteiger partial charge is 0.303 e. The van der Waals surface area contributed by atoms with Crippen LogP contribution in [0.3, 0.4) is 0 Å². The number of carboxylic acids is 1. The predicted molar refractivity (Wildman–Crippen MR) is 504 cm³/mol. The van der Waals surface area contributed by atoms with E-state index in [1.165, 1.54) is 65.2 Å². The lowest BCUT2D eigenvalue weighted by atomic mass is 9.96. The van der Waals surface area contributed by atoms with Gasteiger partial charge in [-0.3, -0.25) is 105 Å². The Morgan fingerprint density at radius 3 is 1.63 bits per heavy atom. The fourth-order valence-electron chi connectivity index (χ4n) is 15.6. The van der Waals surface area contributed by atoms with E-state index in [2.05, 4.69) is 63.8 Å². The van der Waals surface area contributed by atoms with Crippen LogP contribution in [0.4, 0.5) is 0 Å². The number of nitrogens with one attached hydrogen (secondary N) is 12. The molecule has 2 aromatic carbocycles. The van der Waals surface area contributed by atoms with Crippen molar-refractivity contribution < 1.29 is 121 Å². The molecule has 3 heterocycles. The lowest BCUT2D eigenvalue weighted by Gasteiger charge is -2.32. The molecule has 0 aromatic heterocycles. The van der Waals surface area contributed by atoms with Crippen LogP contribution in [0.2, 0.25) is 0 Å². The van der Waals surface area contributed by atoms with Crippen molar-refractivity contribution in [2.45, 2.75) is 268 Å². The van der Waals surface area contributed by atoms with E-state index in [1.54, 1.807) is 67.5 Å². The molecule has 0 aliphatic carbocycles. The minimum Gasteiger partial charge on any atom is -0.508 e. The second-order valence-corrected chi connectivity index (χ2v) is 38.0. The van der Waals surface area contributed by atoms with Crippen molar-refractivity contribution >= 4 is 154 Å². The first kappa shape index (κ1) is 116. The normalized spacial score (nSPS) is 20.0. The fraction of sp³-hybridized carbons (Fsp3) is 0.622. The number of aromatic hydroxyl groups is 2. The number of carbonyl (C=O) groups excluding carboxylic acids is 21. The molecule has 16 atom stereocenters. The maximum atomic E-state index is 15.2. The third kappa shape index (κ3) is 38.2. The van der Waals surface area contributed by atoms with Gasteiger partial charge in [0.25, 0.3) is 0 Å². The van der Waals surface area contributed by atoms with E-state index in [4.69, 9.17) is 28.7 Å². The van der Waals surface area contributed by atoms with E-state index in [0.29, 0.717) is 17.5 Å². The quantitative estimate of drug-likeness (QED) is 0.0279. The lowest BCUT2D eigenvalue weighted by Crippen LogP contribution is -2.61. The molecule has 0 saturated carbocycles. The molecule has 3 fully saturated rings. The van der Waals surface area contributed by atoms with Gasteiger partial charge >= 0.3 is 5.97 Å². The Kier molecular flexibility index (Phi) is 48.0. The Morgan fingerprint density at radius 1 is 0.551 bits per heavy atom. The molecule has 2 unspecified atom stereocenters. The highest BCUT2D eigenvalue weighted by atomic mass is 32.2. The zero-order valence-electron chi connectivity index (χ0n) is 79.6. The third-order valence-electron chi connectivity index (χ3n) is 23.7. The second kappa shape index (κ2) is 57.3. The maximum Gasteiger partial charge on any atom is 0.303 e. The minimum atomic E-state index is -1.94. The number of rotatable bonds is 49. The summed E-state index contributed by atoms with van der Waals surface area (Å²) in [5.74, 6) is -23.3. The van der Waals surface area contributed by atoms with Gasteiger partial charge in [0.05, 0.1) is 25.9 Å². The second-order valence-electron chi connectivity index (χ2n) is 35.7. The van der Waals surface area contributed by atoms with E-state index < -0.39 is 278 Å². The Bertz CT molecular complexity index is 4650. The van der Waals surface area contributed by atoms with E-state index >= 15 is 9.59 Å². The zero-order valence-corrected chi connectivity index (χ0v) is 81.3. The summed E-state index contributed by atoms with van der Waals surface area (Å²) in [5.41, 5.74) is 28.5. The summed E-state index contributed by atoms with van der Waals surface area (Å²) in [4.78, 5) is 310. The molecule has 0 radical (unpaired) electrons.